The summed E-state index contributed by atoms with van der Waals surface area (Å²) >= 11 is 1.59. The van der Waals surface area contributed by atoms with Crippen molar-refractivity contribution in [3.63, 3.8) is 0 Å². The van der Waals surface area contributed by atoms with Crippen molar-refractivity contribution in [3.8, 4) is 0 Å². The van der Waals surface area contributed by atoms with Crippen LogP contribution in [0.1, 0.15) is 30.7 Å². The van der Waals surface area contributed by atoms with Crippen LogP contribution >= 0.6 is 23.7 Å². The molecule has 1 aromatic carbocycles. The summed E-state index contributed by atoms with van der Waals surface area (Å²) in [7, 11) is 0. The Morgan fingerprint density at radius 2 is 2.11 bits per heavy atom. The van der Waals surface area contributed by atoms with E-state index in [2.05, 4.69) is 32.0 Å². The van der Waals surface area contributed by atoms with Crippen LogP contribution in [0.15, 0.2) is 24.3 Å². The SMILES string of the molecule is CC[C@@H](C)Cc1ccc2sc(C(=N)N)cc2c1.Cl. The summed E-state index contributed by atoms with van der Waals surface area (Å²) in [4.78, 5) is 0.862. The quantitative estimate of drug-likeness (QED) is 0.641. The highest BCUT2D eigenvalue weighted by Crippen LogP contribution is 2.27. The fraction of sp³-hybridized carbons (Fsp3) is 0.357. The number of hydrogen-bond acceptors (Lipinski definition) is 2. The number of thiophene rings is 1. The maximum absolute atomic E-state index is 7.45. The van der Waals surface area contributed by atoms with Crippen molar-refractivity contribution >= 4 is 39.7 Å². The number of nitrogens with two attached hydrogens (primary N) is 1. The Morgan fingerprint density at radius 1 is 1.39 bits per heavy atom. The molecule has 0 spiro atoms. The van der Waals surface area contributed by atoms with Gasteiger partial charge in [-0.1, -0.05) is 32.4 Å². The molecule has 0 saturated heterocycles. The first-order valence-electron chi connectivity index (χ1n) is 5.97. The molecule has 98 valence electrons. The van der Waals surface area contributed by atoms with Gasteiger partial charge in [-0.2, -0.15) is 0 Å². The molecule has 0 radical (unpaired) electrons. The van der Waals surface area contributed by atoms with Gasteiger partial charge in [-0.15, -0.1) is 23.7 Å². The van der Waals surface area contributed by atoms with Crippen molar-refractivity contribution in [2.45, 2.75) is 26.7 Å². The molecule has 2 rings (SSSR count). The Bertz CT molecular complexity index is 548. The number of amidine groups is 1. The second-order valence-corrected chi connectivity index (χ2v) is 5.70. The van der Waals surface area contributed by atoms with Crippen LogP contribution in [0, 0.1) is 11.3 Å². The van der Waals surface area contributed by atoms with Crippen LogP contribution in [0.25, 0.3) is 10.1 Å². The largest absolute Gasteiger partial charge is 0.383 e. The van der Waals surface area contributed by atoms with Crippen molar-refractivity contribution in [1.82, 2.24) is 0 Å². The van der Waals surface area contributed by atoms with E-state index in [1.807, 2.05) is 6.07 Å². The minimum atomic E-state index is 0. The van der Waals surface area contributed by atoms with E-state index in [0.29, 0.717) is 0 Å². The molecule has 0 aliphatic rings. The zero-order valence-electron chi connectivity index (χ0n) is 10.7. The van der Waals surface area contributed by atoms with Crippen LogP contribution in [0.5, 0.6) is 0 Å². The molecule has 2 nitrogen and oxygen atoms in total. The first kappa shape index (κ1) is 15.0. The molecule has 0 aliphatic carbocycles. The highest BCUT2D eigenvalue weighted by molar-refractivity contribution is 7.20. The van der Waals surface area contributed by atoms with Crippen molar-refractivity contribution < 1.29 is 0 Å². The van der Waals surface area contributed by atoms with E-state index in [1.165, 1.54) is 22.1 Å². The van der Waals surface area contributed by atoms with Gasteiger partial charge in [-0.25, -0.2) is 0 Å². The van der Waals surface area contributed by atoms with Gasteiger partial charge in [-0.05, 0) is 35.4 Å². The first-order chi connectivity index (χ1) is 8.10. The molecular weight excluding hydrogens is 264 g/mol. The number of hydrogen-bond donors (Lipinski definition) is 2. The molecule has 0 aliphatic heterocycles. The summed E-state index contributed by atoms with van der Waals surface area (Å²) in [6, 6.07) is 8.58. The molecule has 0 amide bonds. The van der Waals surface area contributed by atoms with Crippen LogP contribution in [-0.2, 0) is 6.42 Å². The van der Waals surface area contributed by atoms with Crippen LogP contribution in [0.2, 0.25) is 0 Å². The average Bonchev–Trinajstić information content (AvgIpc) is 2.72. The molecular formula is C14H19ClN2S. The van der Waals surface area contributed by atoms with E-state index in [9.17, 15) is 0 Å². The second-order valence-electron chi connectivity index (χ2n) is 4.61. The van der Waals surface area contributed by atoms with Crippen molar-refractivity contribution in [2.75, 3.05) is 0 Å². The summed E-state index contributed by atoms with van der Waals surface area (Å²) in [6.07, 6.45) is 2.33. The Labute approximate surface area is 118 Å². The van der Waals surface area contributed by atoms with E-state index in [-0.39, 0.29) is 18.2 Å². The predicted octanol–water partition coefficient (Wildman–Crippen LogP) is 4.20. The highest BCUT2D eigenvalue weighted by Gasteiger charge is 2.06. The molecule has 4 heteroatoms. The predicted molar refractivity (Wildman–Crippen MR) is 83.2 cm³/mol. The summed E-state index contributed by atoms with van der Waals surface area (Å²) in [5.41, 5.74) is 6.89. The number of halogens is 1. The molecule has 0 fully saturated rings. The average molecular weight is 283 g/mol. The van der Waals surface area contributed by atoms with E-state index in [0.717, 1.165) is 17.2 Å². The molecule has 0 unspecified atom stereocenters. The minimum Gasteiger partial charge on any atom is -0.383 e. The van der Waals surface area contributed by atoms with Gasteiger partial charge in [0, 0.05) is 4.70 Å². The van der Waals surface area contributed by atoms with Gasteiger partial charge in [0.15, 0.2) is 0 Å². The van der Waals surface area contributed by atoms with Crippen LogP contribution in [0.3, 0.4) is 0 Å². The van der Waals surface area contributed by atoms with Crippen LogP contribution < -0.4 is 5.73 Å². The number of fused-ring (bicyclic) bond motifs is 1. The topological polar surface area (TPSA) is 49.9 Å². The van der Waals surface area contributed by atoms with E-state index >= 15 is 0 Å². The third-order valence-electron chi connectivity index (χ3n) is 3.13. The van der Waals surface area contributed by atoms with Gasteiger partial charge in [0.1, 0.15) is 5.84 Å². The molecule has 0 saturated carbocycles. The van der Waals surface area contributed by atoms with Crippen LogP contribution in [0.4, 0.5) is 0 Å². The summed E-state index contributed by atoms with van der Waals surface area (Å²) in [5.74, 6) is 0.882. The molecule has 0 bridgehead atoms. The Balaban J connectivity index is 0.00000162. The van der Waals surface area contributed by atoms with Gasteiger partial charge in [0.25, 0.3) is 0 Å². The summed E-state index contributed by atoms with van der Waals surface area (Å²) in [6.45, 7) is 4.50. The lowest BCUT2D eigenvalue weighted by atomic mass is 9.98. The maximum atomic E-state index is 7.45. The van der Waals surface area contributed by atoms with Crippen molar-refractivity contribution in [2.24, 2.45) is 11.7 Å². The normalized spacial score (nSPS) is 12.1. The number of benzene rings is 1. The van der Waals surface area contributed by atoms with E-state index in [4.69, 9.17) is 11.1 Å². The minimum absolute atomic E-state index is 0. The fourth-order valence-electron chi connectivity index (χ4n) is 1.90. The lowest BCUT2D eigenvalue weighted by Gasteiger charge is -2.07. The van der Waals surface area contributed by atoms with Crippen molar-refractivity contribution in [1.29, 1.82) is 5.41 Å². The number of nitrogens with one attached hydrogen (secondary N) is 1. The van der Waals surface area contributed by atoms with Gasteiger partial charge in [0.2, 0.25) is 0 Å². The van der Waals surface area contributed by atoms with E-state index in [1.54, 1.807) is 11.3 Å². The Hall–Kier alpha value is -1.06. The number of nitrogen functional groups attached to an aromatic ring is 1. The Morgan fingerprint density at radius 3 is 2.72 bits per heavy atom. The third kappa shape index (κ3) is 3.24. The molecule has 3 N–H and O–H groups in total. The lowest BCUT2D eigenvalue weighted by Crippen LogP contribution is -2.08. The molecule has 2 aromatic rings. The fourth-order valence-corrected chi connectivity index (χ4v) is 2.80. The smallest absolute Gasteiger partial charge is 0.133 e. The molecule has 1 atom stereocenters. The lowest BCUT2D eigenvalue weighted by molar-refractivity contribution is 0.560. The zero-order valence-corrected chi connectivity index (χ0v) is 12.3. The van der Waals surface area contributed by atoms with Crippen molar-refractivity contribution in [3.05, 3.63) is 34.7 Å². The zero-order chi connectivity index (χ0) is 12.4. The third-order valence-corrected chi connectivity index (χ3v) is 4.28. The standard InChI is InChI=1S/C14H18N2S.ClH/c1-3-9(2)6-10-4-5-12-11(7-10)8-13(17-12)14(15)16;/h4-5,7-9H,3,6H2,1-2H3,(H3,15,16);1H/t9-;/m1./s1. The monoisotopic (exact) mass is 282 g/mol. The second kappa shape index (κ2) is 6.21. The molecule has 1 aromatic heterocycles. The maximum Gasteiger partial charge on any atom is 0.133 e. The Kier molecular flexibility index (Phi) is 5.17. The first-order valence-corrected chi connectivity index (χ1v) is 6.78. The number of rotatable bonds is 4. The van der Waals surface area contributed by atoms with Gasteiger partial charge in [0.05, 0.1) is 4.88 Å². The van der Waals surface area contributed by atoms with Gasteiger partial charge < -0.3 is 5.73 Å². The van der Waals surface area contributed by atoms with E-state index < -0.39 is 0 Å². The molecule has 1 heterocycles. The summed E-state index contributed by atoms with van der Waals surface area (Å²) < 4.78 is 1.21. The van der Waals surface area contributed by atoms with Gasteiger partial charge >= 0.3 is 0 Å². The summed E-state index contributed by atoms with van der Waals surface area (Å²) in [5, 5.41) is 8.66. The van der Waals surface area contributed by atoms with Gasteiger partial charge in [-0.3, -0.25) is 5.41 Å². The highest BCUT2D eigenvalue weighted by atomic mass is 35.5. The molecule has 18 heavy (non-hydrogen) atoms. The van der Waals surface area contributed by atoms with Crippen LogP contribution in [-0.4, -0.2) is 5.84 Å².